The average Bonchev–Trinajstić information content (AvgIpc) is 3.04. The maximum absolute atomic E-state index is 14.1. The van der Waals surface area contributed by atoms with Crippen LogP contribution in [0.2, 0.25) is 0 Å². The van der Waals surface area contributed by atoms with Crippen molar-refractivity contribution in [1.82, 2.24) is 20.9 Å². The molecule has 1 unspecified atom stereocenters. The summed E-state index contributed by atoms with van der Waals surface area (Å²) in [5.74, 6) is -3.75. The molecule has 48 heavy (non-hydrogen) atoms. The number of phenolic OH excluding ortho intramolecular Hbond substituents is 1. The standard InChI is InChI=1S/C35H51N5O8/c1-4-5-6-7-8-12-30(43)38-26(11-9-10-17-36)34(46)40(3)31-23-14-16-29(42)25(20-23)24-18-22(13-15-28(24)41)19-27(35(47)48)39-32(44)21(2)37-33(31)45/h13-14,16,18,20-21,26-28,31,41-42H,4-12,15,17,19,36H2,1-3H3,(H,37,45)(H,38,43)(H,39,44)(H,47,48)/t21-,26-,27-,28?,31-/m0/s1. The maximum atomic E-state index is 14.1. The van der Waals surface area contributed by atoms with Crippen LogP contribution in [0, 0.1) is 0 Å². The first-order chi connectivity index (χ1) is 22.9. The van der Waals surface area contributed by atoms with E-state index in [1.54, 1.807) is 12.2 Å². The SMILES string of the molecule is CCCCCCCC(=O)N[C@@H](CCCCN)C(=O)N(C)[C@@H]1C(=O)N[C@@H](C)C(=O)N[C@H](C(=O)O)CC2=CCC(O)C(=C2)c2cc1ccc2O. The van der Waals surface area contributed by atoms with Crippen LogP contribution in [0.4, 0.5) is 0 Å². The predicted octanol–water partition coefficient (Wildman–Crippen LogP) is 2.42. The number of aromatic hydroxyl groups is 1. The first-order valence-corrected chi connectivity index (χ1v) is 16.9. The van der Waals surface area contributed by atoms with Crippen molar-refractivity contribution >= 4 is 35.2 Å². The van der Waals surface area contributed by atoms with Gasteiger partial charge in [0.05, 0.1) is 6.10 Å². The summed E-state index contributed by atoms with van der Waals surface area (Å²) in [7, 11) is 1.43. The quantitative estimate of drug-likeness (QED) is 0.145. The Labute approximate surface area is 282 Å². The lowest BCUT2D eigenvalue weighted by Gasteiger charge is -2.33. The van der Waals surface area contributed by atoms with Gasteiger partial charge in [0.25, 0.3) is 0 Å². The Morgan fingerprint density at radius 1 is 1.06 bits per heavy atom. The van der Waals surface area contributed by atoms with Gasteiger partial charge in [-0.3, -0.25) is 19.2 Å². The molecule has 0 aromatic heterocycles. The van der Waals surface area contributed by atoms with Crippen molar-refractivity contribution in [2.45, 2.75) is 115 Å². The molecule has 1 heterocycles. The van der Waals surface area contributed by atoms with Crippen LogP contribution < -0.4 is 21.7 Å². The van der Waals surface area contributed by atoms with Gasteiger partial charge in [-0.1, -0.05) is 50.8 Å². The van der Waals surface area contributed by atoms with E-state index in [4.69, 9.17) is 5.73 Å². The first kappa shape index (κ1) is 38.2. The van der Waals surface area contributed by atoms with E-state index in [2.05, 4.69) is 22.9 Å². The fraction of sp³-hybridized carbons (Fsp3) is 0.571. The summed E-state index contributed by atoms with van der Waals surface area (Å²) >= 11 is 0. The topological polar surface area (TPSA) is 211 Å². The number of rotatable bonds is 14. The molecule has 1 aliphatic heterocycles. The Balaban J connectivity index is 2.02. The number of allylic oxidation sites excluding steroid dienone is 1. The largest absolute Gasteiger partial charge is 0.507 e. The monoisotopic (exact) mass is 669 g/mol. The number of nitrogens with zero attached hydrogens (tertiary/aromatic N) is 1. The first-order valence-electron chi connectivity index (χ1n) is 16.9. The van der Waals surface area contributed by atoms with Crippen molar-refractivity contribution in [2.24, 2.45) is 5.73 Å². The van der Waals surface area contributed by atoms with Gasteiger partial charge in [0, 0.05) is 25.5 Å². The molecular weight excluding hydrogens is 618 g/mol. The molecule has 0 fully saturated rings. The number of carboxylic acids is 1. The minimum absolute atomic E-state index is 0.0890. The second kappa shape index (κ2) is 18.3. The van der Waals surface area contributed by atoms with Crippen molar-refractivity contribution in [3.05, 3.63) is 47.1 Å². The number of aliphatic hydroxyl groups is 1. The van der Waals surface area contributed by atoms with Crippen molar-refractivity contribution in [2.75, 3.05) is 13.6 Å². The summed E-state index contributed by atoms with van der Waals surface area (Å²) < 4.78 is 0. The van der Waals surface area contributed by atoms with Crippen LogP contribution in [-0.4, -0.2) is 87.6 Å². The number of fused-ring (bicyclic) bond motifs is 4. The van der Waals surface area contributed by atoms with E-state index < -0.39 is 54.0 Å². The van der Waals surface area contributed by atoms with E-state index in [9.17, 15) is 39.3 Å². The number of unbranched alkanes of at least 4 members (excludes halogenated alkanes) is 5. The number of amides is 4. The molecule has 264 valence electrons. The van der Waals surface area contributed by atoms with Crippen molar-refractivity contribution in [1.29, 1.82) is 0 Å². The molecular formula is C35H51N5O8. The average molecular weight is 670 g/mol. The predicted molar refractivity (Wildman–Crippen MR) is 180 cm³/mol. The molecule has 4 bridgehead atoms. The van der Waals surface area contributed by atoms with Gasteiger partial charge in [-0.25, -0.2) is 4.79 Å². The molecule has 13 nitrogen and oxygen atoms in total. The molecule has 4 amide bonds. The van der Waals surface area contributed by atoms with Crippen molar-refractivity contribution in [3.63, 3.8) is 0 Å². The molecule has 1 aromatic carbocycles. The highest BCUT2D eigenvalue weighted by Gasteiger charge is 2.36. The number of nitrogens with two attached hydrogens (primary N) is 1. The Hall–Kier alpha value is -4.23. The lowest BCUT2D eigenvalue weighted by molar-refractivity contribution is -0.144. The minimum Gasteiger partial charge on any atom is -0.507 e. The number of hydrogen-bond acceptors (Lipinski definition) is 8. The number of hydrogen-bond donors (Lipinski definition) is 7. The summed E-state index contributed by atoms with van der Waals surface area (Å²) in [6, 6.07) is -0.441. The van der Waals surface area contributed by atoms with Gasteiger partial charge in [-0.15, -0.1) is 0 Å². The van der Waals surface area contributed by atoms with Crippen LogP contribution in [0.5, 0.6) is 5.75 Å². The van der Waals surface area contributed by atoms with E-state index in [1.807, 2.05) is 0 Å². The van der Waals surface area contributed by atoms with Gasteiger partial charge in [0.2, 0.25) is 23.6 Å². The van der Waals surface area contributed by atoms with E-state index >= 15 is 0 Å². The summed E-state index contributed by atoms with van der Waals surface area (Å²) in [4.78, 5) is 67.4. The summed E-state index contributed by atoms with van der Waals surface area (Å²) in [6.45, 7) is 3.92. The highest BCUT2D eigenvalue weighted by molar-refractivity contribution is 5.96. The number of carbonyl (C=O) groups excluding carboxylic acids is 4. The normalized spacial score (nSPS) is 21.9. The van der Waals surface area contributed by atoms with Crippen LogP contribution >= 0.6 is 0 Å². The third-order valence-electron chi connectivity index (χ3n) is 8.83. The maximum Gasteiger partial charge on any atom is 0.326 e. The Kier molecular flexibility index (Phi) is 14.6. The lowest BCUT2D eigenvalue weighted by Crippen LogP contribution is -2.54. The Morgan fingerprint density at radius 2 is 1.79 bits per heavy atom. The van der Waals surface area contributed by atoms with Crippen LogP contribution in [-0.2, 0) is 24.0 Å². The molecule has 3 rings (SSSR count). The molecule has 0 saturated carbocycles. The van der Waals surface area contributed by atoms with Crippen LogP contribution in [0.3, 0.4) is 0 Å². The fourth-order valence-electron chi connectivity index (χ4n) is 6.02. The number of carbonyl (C=O) groups is 5. The third kappa shape index (κ3) is 10.4. The highest BCUT2D eigenvalue weighted by atomic mass is 16.4. The van der Waals surface area contributed by atoms with Gasteiger partial charge in [-0.05, 0) is 74.4 Å². The number of carboxylic acid groups (broad SMARTS) is 1. The Bertz CT molecular complexity index is 1390. The second-order valence-corrected chi connectivity index (χ2v) is 12.7. The molecule has 2 aliphatic rings. The number of likely N-dealkylation sites (N-methyl/N-ethyl adjacent to an activating group) is 1. The van der Waals surface area contributed by atoms with E-state index in [0.29, 0.717) is 43.4 Å². The summed E-state index contributed by atoms with van der Waals surface area (Å²) in [6.07, 6.45) is 8.76. The van der Waals surface area contributed by atoms with E-state index in [1.165, 1.54) is 37.1 Å². The molecule has 0 saturated heterocycles. The van der Waals surface area contributed by atoms with Crippen LogP contribution in [0.15, 0.2) is 35.9 Å². The second-order valence-electron chi connectivity index (χ2n) is 12.7. The fourth-order valence-corrected chi connectivity index (χ4v) is 6.02. The molecule has 8 N–H and O–H groups in total. The zero-order valence-corrected chi connectivity index (χ0v) is 28.2. The zero-order chi connectivity index (χ0) is 35.4. The van der Waals surface area contributed by atoms with Gasteiger partial charge >= 0.3 is 5.97 Å². The molecule has 1 aromatic rings. The molecule has 5 atom stereocenters. The van der Waals surface area contributed by atoms with Gasteiger partial charge in [0.1, 0.15) is 29.9 Å². The highest BCUT2D eigenvalue weighted by Crippen LogP contribution is 2.36. The third-order valence-corrected chi connectivity index (χ3v) is 8.83. The van der Waals surface area contributed by atoms with Gasteiger partial charge in [-0.2, -0.15) is 0 Å². The van der Waals surface area contributed by atoms with Crippen molar-refractivity contribution in [3.8, 4) is 5.75 Å². The minimum atomic E-state index is -1.33. The van der Waals surface area contributed by atoms with Crippen LogP contribution in [0.25, 0.3) is 5.57 Å². The van der Waals surface area contributed by atoms with E-state index in [-0.39, 0.29) is 42.0 Å². The lowest BCUT2D eigenvalue weighted by atomic mass is 9.87. The smallest absolute Gasteiger partial charge is 0.326 e. The number of nitrogens with one attached hydrogen (secondary N) is 3. The van der Waals surface area contributed by atoms with Gasteiger partial charge in [0.15, 0.2) is 0 Å². The number of aliphatic hydroxyl groups excluding tert-OH is 1. The molecule has 0 spiro atoms. The summed E-state index contributed by atoms with van der Waals surface area (Å²) in [5.41, 5.74) is 7.02. The van der Waals surface area contributed by atoms with Gasteiger partial charge < -0.3 is 41.9 Å². The van der Waals surface area contributed by atoms with E-state index in [0.717, 1.165) is 25.7 Å². The summed E-state index contributed by atoms with van der Waals surface area (Å²) in [5, 5.41) is 39.5. The molecule has 1 aliphatic carbocycles. The van der Waals surface area contributed by atoms with Crippen LogP contribution in [0.1, 0.15) is 102 Å². The zero-order valence-electron chi connectivity index (χ0n) is 28.2. The van der Waals surface area contributed by atoms with Crippen molar-refractivity contribution < 1.29 is 39.3 Å². The molecule has 13 heteroatoms. The number of aliphatic carboxylic acids is 1. The number of benzene rings is 1. The molecule has 0 radical (unpaired) electrons. The Morgan fingerprint density at radius 3 is 2.48 bits per heavy atom. The number of phenols is 1.